The Labute approximate surface area is 170 Å². The molecule has 0 spiro atoms. The first-order valence-corrected chi connectivity index (χ1v) is 9.62. The van der Waals surface area contributed by atoms with Crippen molar-refractivity contribution >= 4 is 33.3 Å². The highest BCUT2D eigenvalue weighted by atomic mass is 19.1. The molecule has 4 aromatic rings. The first kappa shape index (κ1) is 18.2. The molecule has 30 heavy (non-hydrogen) atoms. The van der Waals surface area contributed by atoms with Crippen molar-refractivity contribution in [2.75, 3.05) is 18.9 Å². The largest absolute Gasteiger partial charge is 0.451 e. The minimum Gasteiger partial charge on any atom is -0.451 e. The number of halogens is 1. The SMILES string of the molecule is CCNC(=O)c1cn2c3c(c(NC)c(F)cc3c1=O)Oc1cc3ccccc3cc1-2. The van der Waals surface area contributed by atoms with Crippen molar-refractivity contribution in [2.24, 2.45) is 0 Å². The number of amides is 1. The Hall–Kier alpha value is -3.87. The number of nitrogens with one attached hydrogen (secondary N) is 2. The lowest BCUT2D eigenvalue weighted by Gasteiger charge is -2.26. The van der Waals surface area contributed by atoms with Crippen molar-refractivity contribution in [1.82, 2.24) is 9.88 Å². The van der Waals surface area contributed by atoms with Crippen LogP contribution in [0.3, 0.4) is 0 Å². The summed E-state index contributed by atoms with van der Waals surface area (Å²) in [7, 11) is 1.59. The standard InChI is InChI=1S/C23H18FN3O3/c1-3-26-23(29)15-11-27-17-8-12-6-4-5-7-13(12)9-18(17)30-22-19(25-2)16(24)10-14(20(22)27)21(15)28/h4-11,25H,3H2,1-2H3,(H,26,29). The predicted molar refractivity (Wildman–Crippen MR) is 115 cm³/mol. The van der Waals surface area contributed by atoms with Gasteiger partial charge >= 0.3 is 0 Å². The zero-order chi connectivity index (χ0) is 21.0. The molecule has 150 valence electrons. The Bertz CT molecular complexity index is 1430. The molecule has 2 heterocycles. The van der Waals surface area contributed by atoms with Crippen molar-refractivity contribution < 1.29 is 13.9 Å². The van der Waals surface area contributed by atoms with Crippen LogP contribution in [0.25, 0.3) is 27.4 Å². The van der Waals surface area contributed by atoms with Crippen LogP contribution < -0.4 is 20.8 Å². The number of fused-ring (bicyclic) bond motifs is 3. The number of ether oxygens (including phenoxy) is 1. The van der Waals surface area contributed by atoms with Gasteiger partial charge in [-0.3, -0.25) is 9.59 Å². The maximum absolute atomic E-state index is 14.8. The third-order valence-corrected chi connectivity index (χ3v) is 5.33. The van der Waals surface area contributed by atoms with Gasteiger partial charge in [0, 0.05) is 19.8 Å². The second kappa shape index (κ2) is 6.59. The van der Waals surface area contributed by atoms with Crippen LogP contribution in [0, 0.1) is 5.82 Å². The van der Waals surface area contributed by atoms with Gasteiger partial charge in [0.05, 0.1) is 11.1 Å². The van der Waals surface area contributed by atoms with Crippen LogP contribution in [0.1, 0.15) is 17.3 Å². The molecule has 3 aromatic carbocycles. The zero-order valence-corrected chi connectivity index (χ0v) is 16.4. The molecule has 2 N–H and O–H groups in total. The van der Waals surface area contributed by atoms with E-state index in [1.165, 1.54) is 6.20 Å². The monoisotopic (exact) mass is 403 g/mol. The van der Waals surface area contributed by atoms with Crippen LogP contribution >= 0.6 is 0 Å². The molecule has 5 rings (SSSR count). The van der Waals surface area contributed by atoms with E-state index >= 15 is 0 Å². The number of hydrogen-bond acceptors (Lipinski definition) is 4. The number of benzene rings is 3. The Morgan fingerprint density at radius 2 is 1.90 bits per heavy atom. The van der Waals surface area contributed by atoms with Gasteiger partial charge in [0.1, 0.15) is 16.8 Å². The van der Waals surface area contributed by atoms with E-state index in [-0.39, 0.29) is 22.4 Å². The highest BCUT2D eigenvalue weighted by molar-refractivity contribution is 6.02. The van der Waals surface area contributed by atoms with Gasteiger partial charge in [0.25, 0.3) is 5.91 Å². The lowest BCUT2D eigenvalue weighted by Crippen LogP contribution is -2.30. The lowest BCUT2D eigenvalue weighted by molar-refractivity contribution is 0.0954. The second-order valence-electron chi connectivity index (χ2n) is 7.08. The number of nitrogens with zero attached hydrogens (tertiary/aromatic N) is 1. The van der Waals surface area contributed by atoms with Gasteiger partial charge in [-0.05, 0) is 35.9 Å². The molecule has 6 nitrogen and oxygen atoms in total. The van der Waals surface area contributed by atoms with Crippen LogP contribution in [0.2, 0.25) is 0 Å². The maximum Gasteiger partial charge on any atom is 0.256 e. The number of hydrogen-bond donors (Lipinski definition) is 2. The zero-order valence-electron chi connectivity index (χ0n) is 16.4. The average molecular weight is 403 g/mol. The number of rotatable bonds is 3. The van der Waals surface area contributed by atoms with Crippen LogP contribution in [0.4, 0.5) is 10.1 Å². The number of anilines is 1. The van der Waals surface area contributed by atoms with Gasteiger partial charge in [-0.15, -0.1) is 0 Å². The van der Waals surface area contributed by atoms with E-state index < -0.39 is 17.2 Å². The van der Waals surface area contributed by atoms with Crippen LogP contribution in [0.15, 0.2) is 53.5 Å². The Morgan fingerprint density at radius 3 is 2.60 bits per heavy atom. The Kier molecular flexibility index (Phi) is 3.99. The molecule has 0 saturated heterocycles. The van der Waals surface area contributed by atoms with Gasteiger partial charge in [0.15, 0.2) is 17.3 Å². The molecule has 0 radical (unpaired) electrons. The van der Waals surface area contributed by atoms with Gasteiger partial charge in [-0.25, -0.2) is 4.39 Å². The molecular formula is C23H18FN3O3. The third kappa shape index (κ3) is 2.48. The quantitative estimate of drug-likeness (QED) is 0.474. The van der Waals surface area contributed by atoms with E-state index in [0.717, 1.165) is 16.8 Å². The van der Waals surface area contributed by atoms with Crippen LogP contribution in [-0.2, 0) is 0 Å². The number of carbonyl (C=O) groups excluding carboxylic acids is 1. The molecule has 0 unspecified atom stereocenters. The van der Waals surface area contributed by atoms with Gasteiger partial charge in [-0.1, -0.05) is 24.3 Å². The normalized spacial score (nSPS) is 11.8. The lowest BCUT2D eigenvalue weighted by atomic mass is 10.0. The van der Waals surface area contributed by atoms with E-state index in [4.69, 9.17) is 4.74 Å². The number of aromatic nitrogens is 1. The molecule has 0 aliphatic carbocycles. The summed E-state index contributed by atoms with van der Waals surface area (Å²) in [4.78, 5) is 25.6. The van der Waals surface area contributed by atoms with Gasteiger partial charge < -0.3 is 19.9 Å². The molecule has 0 bridgehead atoms. The molecule has 0 atom stereocenters. The topological polar surface area (TPSA) is 72.4 Å². The van der Waals surface area contributed by atoms with E-state index in [2.05, 4.69) is 10.6 Å². The van der Waals surface area contributed by atoms with Gasteiger partial charge in [-0.2, -0.15) is 0 Å². The highest BCUT2D eigenvalue weighted by Crippen LogP contribution is 2.46. The second-order valence-corrected chi connectivity index (χ2v) is 7.08. The summed E-state index contributed by atoms with van der Waals surface area (Å²) in [6.45, 7) is 2.14. The molecule has 1 aliphatic heterocycles. The summed E-state index contributed by atoms with van der Waals surface area (Å²) in [5.74, 6) is -0.396. The maximum atomic E-state index is 14.8. The van der Waals surface area contributed by atoms with E-state index in [1.807, 2.05) is 36.4 Å². The number of carbonyl (C=O) groups is 1. The summed E-state index contributed by atoms with van der Waals surface area (Å²) < 4.78 is 22.7. The predicted octanol–water partition coefficient (Wildman–Crippen LogP) is 4.18. The average Bonchev–Trinajstić information content (AvgIpc) is 2.74. The molecule has 1 aliphatic rings. The Balaban J connectivity index is 1.94. The van der Waals surface area contributed by atoms with Crippen molar-refractivity contribution in [2.45, 2.75) is 6.92 Å². The third-order valence-electron chi connectivity index (χ3n) is 5.33. The van der Waals surface area contributed by atoms with Crippen molar-refractivity contribution in [3.8, 4) is 17.2 Å². The van der Waals surface area contributed by atoms with Gasteiger partial charge in [0.2, 0.25) is 5.43 Å². The summed E-state index contributed by atoms with van der Waals surface area (Å²) in [5.41, 5.74) is 0.656. The highest BCUT2D eigenvalue weighted by Gasteiger charge is 2.28. The fourth-order valence-corrected chi connectivity index (χ4v) is 3.95. The smallest absolute Gasteiger partial charge is 0.256 e. The molecule has 1 aromatic heterocycles. The van der Waals surface area contributed by atoms with E-state index in [9.17, 15) is 14.0 Å². The van der Waals surface area contributed by atoms with Crippen molar-refractivity contribution in [3.63, 3.8) is 0 Å². The summed E-state index contributed by atoms with van der Waals surface area (Å²) >= 11 is 0. The van der Waals surface area contributed by atoms with E-state index in [0.29, 0.717) is 23.5 Å². The summed E-state index contributed by atoms with van der Waals surface area (Å²) in [5, 5.41) is 7.50. The minimum absolute atomic E-state index is 0.0482. The van der Waals surface area contributed by atoms with Crippen molar-refractivity contribution in [3.05, 3.63) is 70.3 Å². The van der Waals surface area contributed by atoms with Crippen LogP contribution in [-0.4, -0.2) is 24.1 Å². The number of pyridine rings is 1. The Morgan fingerprint density at radius 1 is 1.17 bits per heavy atom. The molecule has 7 heteroatoms. The van der Waals surface area contributed by atoms with Crippen molar-refractivity contribution in [1.29, 1.82) is 0 Å². The fraction of sp³-hybridized carbons (Fsp3) is 0.130. The first-order chi connectivity index (χ1) is 14.5. The summed E-state index contributed by atoms with van der Waals surface area (Å²) in [6, 6.07) is 12.7. The molecular weight excluding hydrogens is 385 g/mol. The van der Waals surface area contributed by atoms with E-state index in [1.54, 1.807) is 18.5 Å². The molecule has 0 saturated carbocycles. The molecule has 0 fully saturated rings. The molecule has 1 amide bonds. The first-order valence-electron chi connectivity index (χ1n) is 9.62. The minimum atomic E-state index is -0.624. The summed E-state index contributed by atoms with van der Waals surface area (Å²) in [6.07, 6.45) is 1.51. The van der Waals surface area contributed by atoms with Crippen LogP contribution in [0.5, 0.6) is 11.5 Å². The fourth-order valence-electron chi connectivity index (χ4n) is 3.95.